The molecule has 3 aromatic rings. The Bertz CT molecular complexity index is 721. The molecule has 20 heavy (non-hydrogen) atoms. The molecule has 2 aromatic heterocycles. The summed E-state index contributed by atoms with van der Waals surface area (Å²) in [7, 11) is 0. The SMILES string of the molecule is Cc1nn(-c2ccccc2)nc1C(=O)Nc1nccs1. The van der Waals surface area contributed by atoms with Gasteiger partial charge in [0.15, 0.2) is 10.8 Å². The first kappa shape index (κ1) is 12.5. The molecule has 0 spiro atoms. The summed E-state index contributed by atoms with van der Waals surface area (Å²) >= 11 is 1.36. The Morgan fingerprint density at radius 1 is 1.25 bits per heavy atom. The van der Waals surface area contributed by atoms with Crippen LogP contribution in [0.3, 0.4) is 0 Å². The third-order valence-corrected chi connectivity index (χ3v) is 3.33. The van der Waals surface area contributed by atoms with E-state index in [4.69, 9.17) is 0 Å². The van der Waals surface area contributed by atoms with Crippen LogP contribution in [0.5, 0.6) is 0 Å². The number of para-hydroxylation sites is 1. The average Bonchev–Trinajstić information content (AvgIpc) is 3.09. The maximum atomic E-state index is 12.1. The summed E-state index contributed by atoms with van der Waals surface area (Å²) in [5, 5.41) is 13.5. The largest absolute Gasteiger partial charge is 0.296 e. The monoisotopic (exact) mass is 285 g/mol. The standard InChI is InChI=1S/C13H11N5OS/c1-9-11(12(19)15-13-14-7-8-20-13)17-18(16-9)10-5-3-2-4-6-10/h2-8H,1H3,(H,14,15,19). The number of anilines is 1. The van der Waals surface area contributed by atoms with Gasteiger partial charge in [0.05, 0.1) is 11.4 Å². The van der Waals surface area contributed by atoms with Crippen molar-refractivity contribution >= 4 is 22.4 Å². The van der Waals surface area contributed by atoms with Crippen molar-refractivity contribution < 1.29 is 4.79 Å². The molecule has 0 saturated heterocycles. The highest BCUT2D eigenvalue weighted by Crippen LogP contribution is 2.13. The minimum Gasteiger partial charge on any atom is -0.296 e. The van der Waals surface area contributed by atoms with Crippen molar-refractivity contribution in [2.24, 2.45) is 0 Å². The molecular formula is C13H11N5OS. The van der Waals surface area contributed by atoms with Crippen molar-refractivity contribution in [3.63, 3.8) is 0 Å². The molecule has 1 aromatic carbocycles. The Kier molecular flexibility index (Phi) is 3.26. The van der Waals surface area contributed by atoms with Gasteiger partial charge < -0.3 is 0 Å². The van der Waals surface area contributed by atoms with Crippen LogP contribution in [0.2, 0.25) is 0 Å². The molecular weight excluding hydrogens is 274 g/mol. The molecule has 0 atom stereocenters. The fourth-order valence-electron chi connectivity index (χ4n) is 1.71. The van der Waals surface area contributed by atoms with Gasteiger partial charge in [0.1, 0.15) is 0 Å². The molecule has 100 valence electrons. The summed E-state index contributed by atoms with van der Waals surface area (Å²) in [6.45, 7) is 1.75. The number of hydrogen-bond donors (Lipinski definition) is 1. The van der Waals surface area contributed by atoms with Crippen molar-refractivity contribution in [2.75, 3.05) is 5.32 Å². The topological polar surface area (TPSA) is 72.7 Å². The van der Waals surface area contributed by atoms with Crippen molar-refractivity contribution in [1.29, 1.82) is 0 Å². The molecule has 0 saturated carbocycles. The minimum absolute atomic E-state index is 0.295. The van der Waals surface area contributed by atoms with Crippen molar-refractivity contribution in [3.8, 4) is 5.69 Å². The van der Waals surface area contributed by atoms with E-state index in [9.17, 15) is 4.79 Å². The summed E-state index contributed by atoms with van der Waals surface area (Å²) in [4.78, 5) is 17.6. The first-order chi connectivity index (χ1) is 9.74. The predicted molar refractivity (Wildman–Crippen MR) is 76.2 cm³/mol. The third-order valence-electron chi connectivity index (χ3n) is 2.64. The van der Waals surface area contributed by atoms with Gasteiger partial charge in [-0.2, -0.15) is 9.90 Å². The van der Waals surface area contributed by atoms with E-state index < -0.39 is 0 Å². The molecule has 2 heterocycles. The van der Waals surface area contributed by atoms with Gasteiger partial charge in [-0.1, -0.05) is 18.2 Å². The lowest BCUT2D eigenvalue weighted by Crippen LogP contribution is -2.14. The number of carbonyl (C=O) groups excluding carboxylic acids is 1. The van der Waals surface area contributed by atoms with Crippen molar-refractivity contribution in [1.82, 2.24) is 20.0 Å². The number of amides is 1. The van der Waals surface area contributed by atoms with Gasteiger partial charge in [-0.25, -0.2) is 4.98 Å². The molecule has 7 heteroatoms. The molecule has 0 radical (unpaired) electrons. The van der Waals surface area contributed by atoms with E-state index in [-0.39, 0.29) is 5.91 Å². The van der Waals surface area contributed by atoms with Crippen LogP contribution < -0.4 is 5.32 Å². The number of carbonyl (C=O) groups is 1. The van der Waals surface area contributed by atoms with E-state index in [1.807, 2.05) is 30.3 Å². The zero-order valence-corrected chi connectivity index (χ0v) is 11.5. The zero-order chi connectivity index (χ0) is 13.9. The summed E-state index contributed by atoms with van der Waals surface area (Å²) in [6, 6.07) is 9.45. The molecule has 0 fully saturated rings. The van der Waals surface area contributed by atoms with Crippen LogP contribution in [0.25, 0.3) is 5.69 Å². The van der Waals surface area contributed by atoms with E-state index in [0.29, 0.717) is 16.5 Å². The number of thiazole rings is 1. The normalized spacial score (nSPS) is 10.4. The molecule has 1 amide bonds. The van der Waals surface area contributed by atoms with Crippen LogP contribution in [-0.4, -0.2) is 25.9 Å². The Morgan fingerprint density at radius 3 is 2.75 bits per heavy atom. The lowest BCUT2D eigenvalue weighted by atomic mass is 10.3. The molecule has 6 nitrogen and oxygen atoms in total. The maximum absolute atomic E-state index is 12.1. The van der Waals surface area contributed by atoms with Gasteiger partial charge in [0.2, 0.25) is 0 Å². The average molecular weight is 285 g/mol. The third kappa shape index (κ3) is 2.43. The van der Waals surface area contributed by atoms with Gasteiger partial charge in [-0.15, -0.1) is 16.4 Å². The second-order valence-corrected chi connectivity index (χ2v) is 4.94. The highest BCUT2D eigenvalue weighted by Gasteiger charge is 2.17. The van der Waals surface area contributed by atoms with Crippen molar-refractivity contribution in [3.05, 3.63) is 53.3 Å². The number of nitrogens with zero attached hydrogens (tertiary/aromatic N) is 4. The summed E-state index contributed by atoms with van der Waals surface area (Å²) in [6.07, 6.45) is 1.63. The Balaban J connectivity index is 1.88. The highest BCUT2D eigenvalue weighted by molar-refractivity contribution is 7.13. The molecule has 0 bridgehead atoms. The van der Waals surface area contributed by atoms with Gasteiger partial charge in [0, 0.05) is 11.6 Å². The molecule has 0 aliphatic heterocycles. The predicted octanol–water partition coefficient (Wildman–Crippen LogP) is 2.28. The Labute approximate surface area is 119 Å². The molecule has 3 rings (SSSR count). The fourth-order valence-corrected chi connectivity index (χ4v) is 2.23. The lowest BCUT2D eigenvalue weighted by molar-refractivity contribution is 0.102. The Hall–Kier alpha value is -2.54. The number of benzene rings is 1. The van der Waals surface area contributed by atoms with Gasteiger partial charge in [-0.05, 0) is 19.1 Å². The molecule has 1 N–H and O–H groups in total. The number of hydrogen-bond acceptors (Lipinski definition) is 5. The second-order valence-electron chi connectivity index (χ2n) is 4.05. The number of aromatic nitrogens is 4. The summed E-state index contributed by atoms with van der Waals surface area (Å²) in [5.41, 5.74) is 1.68. The molecule has 0 aliphatic rings. The van der Waals surface area contributed by atoms with Gasteiger partial charge in [-0.3, -0.25) is 10.1 Å². The number of rotatable bonds is 3. The summed E-state index contributed by atoms with van der Waals surface area (Å²) < 4.78 is 0. The zero-order valence-electron chi connectivity index (χ0n) is 10.6. The van der Waals surface area contributed by atoms with Crippen molar-refractivity contribution in [2.45, 2.75) is 6.92 Å². The van der Waals surface area contributed by atoms with Crippen LogP contribution in [0.4, 0.5) is 5.13 Å². The Morgan fingerprint density at radius 2 is 2.05 bits per heavy atom. The lowest BCUT2D eigenvalue weighted by Gasteiger charge is -1.98. The molecule has 0 unspecified atom stereocenters. The van der Waals surface area contributed by atoms with Crippen LogP contribution in [0, 0.1) is 6.92 Å². The van der Waals surface area contributed by atoms with Crippen LogP contribution >= 0.6 is 11.3 Å². The minimum atomic E-state index is -0.306. The van der Waals surface area contributed by atoms with Crippen LogP contribution in [0.1, 0.15) is 16.2 Å². The maximum Gasteiger partial charge on any atom is 0.279 e. The summed E-state index contributed by atoms with van der Waals surface area (Å²) in [5.74, 6) is -0.306. The van der Waals surface area contributed by atoms with Gasteiger partial charge >= 0.3 is 0 Å². The van der Waals surface area contributed by atoms with E-state index >= 15 is 0 Å². The van der Waals surface area contributed by atoms with Crippen LogP contribution in [0.15, 0.2) is 41.9 Å². The van der Waals surface area contributed by atoms with E-state index in [2.05, 4.69) is 20.5 Å². The van der Waals surface area contributed by atoms with E-state index in [0.717, 1.165) is 5.69 Å². The van der Waals surface area contributed by atoms with Gasteiger partial charge in [0.25, 0.3) is 5.91 Å². The first-order valence-corrected chi connectivity index (χ1v) is 6.82. The molecule has 0 aliphatic carbocycles. The number of aryl methyl sites for hydroxylation is 1. The smallest absolute Gasteiger partial charge is 0.279 e. The van der Waals surface area contributed by atoms with E-state index in [1.165, 1.54) is 16.1 Å². The fraction of sp³-hybridized carbons (Fsp3) is 0.0769. The number of nitrogens with one attached hydrogen (secondary N) is 1. The van der Waals surface area contributed by atoms with E-state index in [1.54, 1.807) is 18.5 Å². The second kappa shape index (κ2) is 5.22. The first-order valence-electron chi connectivity index (χ1n) is 5.94. The quantitative estimate of drug-likeness (QED) is 0.801. The van der Waals surface area contributed by atoms with Crippen LogP contribution in [-0.2, 0) is 0 Å². The highest BCUT2D eigenvalue weighted by atomic mass is 32.1.